The summed E-state index contributed by atoms with van der Waals surface area (Å²) < 4.78 is 5.75. The van der Waals surface area contributed by atoms with Crippen molar-refractivity contribution >= 4 is 29.1 Å². The Bertz CT molecular complexity index is 757. The van der Waals surface area contributed by atoms with E-state index in [9.17, 15) is 9.59 Å². The van der Waals surface area contributed by atoms with Crippen molar-refractivity contribution in [1.82, 2.24) is 4.90 Å². The number of piperazine rings is 1. The second-order valence-electron chi connectivity index (χ2n) is 6.52. The van der Waals surface area contributed by atoms with Gasteiger partial charge in [0.05, 0.1) is 50.2 Å². The number of nitrogens with zero attached hydrogens (tertiary/aromatic N) is 2. The second-order valence-corrected chi connectivity index (χ2v) is 6.93. The summed E-state index contributed by atoms with van der Waals surface area (Å²) >= 11 is 6.08. The Morgan fingerprint density at radius 3 is 2.50 bits per heavy atom. The smallest absolute Gasteiger partial charge is 0.289 e. The minimum Gasteiger partial charge on any atom is -1.00 e. The third kappa shape index (κ3) is 4.78. The number of carbonyl (C=O) groups excluding carboxylic acids is 2. The molecule has 8 heteroatoms. The molecule has 0 bridgehead atoms. The SMILES string of the molecule is C[N+]1(CC(=O)Nc2ccccc2Cl)CCN(C(=O)c2ccco2)CC1.[Cl-]. The van der Waals surface area contributed by atoms with Crippen LogP contribution in [0.3, 0.4) is 0 Å². The molecule has 1 fully saturated rings. The van der Waals surface area contributed by atoms with E-state index >= 15 is 0 Å². The quantitative estimate of drug-likeness (QED) is 0.706. The Kier molecular flexibility index (Phi) is 6.69. The largest absolute Gasteiger partial charge is 1.00 e. The summed E-state index contributed by atoms with van der Waals surface area (Å²) in [4.78, 5) is 26.4. The number of carbonyl (C=O) groups is 2. The van der Waals surface area contributed by atoms with Crippen LogP contribution in [0.1, 0.15) is 10.6 Å². The van der Waals surface area contributed by atoms with Gasteiger partial charge in [0, 0.05) is 0 Å². The zero-order chi connectivity index (χ0) is 17.9. The van der Waals surface area contributed by atoms with Crippen LogP contribution < -0.4 is 17.7 Å². The number of hydrogen-bond acceptors (Lipinski definition) is 3. The molecule has 26 heavy (non-hydrogen) atoms. The van der Waals surface area contributed by atoms with Crippen LogP contribution in [-0.4, -0.2) is 61.0 Å². The van der Waals surface area contributed by atoms with Crippen LogP contribution >= 0.6 is 11.6 Å². The zero-order valence-corrected chi connectivity index (χ0v) is 16.0. The Hall–Kier alpha value is -2.02. The topological polar surface area (TPSA) is 62.6 Å². The van der Waals surface area contributed by atoms with Gasteiger partial charge >= 0.3 is 0 Å². The monoisotopic (exact) mass is 397 g/mol. The Morgan fingerprint density at radius 2 is 1.88 bits per heavy atom. The Morgan fingerprint density at radius 1 is 1.19 bits per heavy atom. The van der Waals surface area contributed by atoms with Gasteiger partial charge in [-0.05, 0) is 24.3 Å². The summed E-state index contributed by atoms with van der Waals surface area (Å²) in [6, 6.07) is 10.5. The van der Waals surface area contributed by atoms with Gasteiger partial charge in [0.2, 0.25) is 0 Å². The first-order valence-electron chi connectivity index (χ1n) is 8.18. The van der Waals surface area contributed by atoms with Crippen LogP contribution in [0.5, 0.6) is 0 Å². The van der Waals surface area contributed by atoms with Gasteiger partial charge in [-0.25, -0.2) is 0 Å². The lowest BCUT2D eigenvalue weighted by Gasteiger charge is -2.41. The standard InChI is InChI=1S/C18H20ClN3O3.ClH/c1-22(13-17(23)20-15-6-3-2-5-14(15)19)10-8-21(9-11-22)18(24)16-7-4-12-25-16;/h2-7,12H,8-11,13H2,1H3;1H. The first kappa shape index (κ1) is 20.3. The highest BCUT2D eigenvalue weighted by molar-refractivity contribution is 6.33. The van der Waals surface area contributed by atoms with Gasteiger partial charge in [-0.15, -0.1) is 0 Å². The molecule has 3 rings (SSSR count). The highest BCUT2D eigenvalue weighted by atomic mass is 35.5. The number of benzene rings is 1. The zero-order valence-electron chi connectivity index (χ0n) is 14.5. The average Bonchev–Trinajstić information content (AvgIpc) is 3.11. The summed E-state index contributed by atoms with van der Waals surface area (Å²) in [6.45, 7) is 2.95. The van der Waals surface area contributed by atoms with Crippen molar-refractivity contribution < 1.29 is 30.9 Å². The van der Waals surface area contributed by atoms with Gasteiger partial charge in [0.25, 0.3) is 11.8 Å². The van der Waals surface area contributed by atoms with Crippen LogP contribution in [0.2, 0.25) is 5.02 Å². The number of hydrogen-bond donors (Lipinski definition) is 1. The van der Waals surface area contributed by atoms with Crippen LogP contribution in [0.4, 0.5) is 5.69 Å². The normalized spacial score (nSPS) is 15.8. The number of anilines is 1. The molecule has 0 spiro atoms. The average molecular weight is 398 g/mol. The fourth-order valence-electron chi connectivity index (χ4n) is 2.96. The molecular formula is C18H21Cl2N3O3. The molecule has 1 aromatic heterocycles. The lowest BCUT2D eigenvalue weighted by Crippen LogP contribution is -3.00. The minimum absolute atomic E-state index is 0. The molecule has 0 radical (unpaired) electrons. The lowest BCUT2D eigenvalue weighted by atomic mass is 10.2. The van der Waals surface area contributed by atoms with Gasteiger partial charge in [-0.1, -0.05) is 23.7 Å². The van der Waals surface area contributed by atoms with E-state index in [-0.39, 0.29) is 24.2 Å². The number of halogens is 2. The predicted octanol–water partition coefficient (Wildman–Crippen LogP) is -0.522. The molecule has 0 unspecified atom stereocenters. The van der Waals surface area contributed by atoms with Gasteiger partial charge < -0.3 is 31.5 Å². The van der Waals surface area contributed by atoms with E-state index in [1.165, 1.54) is 6.26 Å². The minimum atomic E-state index is -0.100. The van der Waals surface area contributed by atoms with Crippen LogP contribution in [0.25, 0.3) is 0 Å². The van der Waals surface area contributed by atoms with E-state index in [1.807, 2.05) is 19.2 Å². The van der Waals surface area contributed by atoms with E-state index in [0.717, 1.165) is 0 Å². The van der Waals surface area contributed by atoms with E-state index in [0.29, 0.717) is 53.7 Å². The number of para-hydroxylation sites is 1. The third-order valence-corrected chi connectivity index (χ3v) is 4.84. The Labute approximate surface area is 163 Å². The fourth-order valence-corrected chi connectivity index (χ4v) is 3.15. The molecule has 1 aromatic carbocycles. The van der Waals surface area contributed by atoms with Crippen molar-refractivity contribution in [3.63, 3.8) is 0 Å². The summed E-state index contributed by atoms with van der Waals surface area (Å²) in [6.07, 6.45) is 1.50. The molecule has 1 N–H and O–H groups in total. The number of furan rings is 1. The molecular weight excluding hydrogens is 377 g/mol. The molecule has 0 aliphatic carbocycles. The van der Waals surface area contributed by atoms with E-state index in [2.05, 4.69) is 5.32 Å². The van der Waals surface area contributed by atoms with Gasteiger partial charge in [-0.3, -0.25) is 9.59 Å². The molecule has 6 nitrogen and oxygen atoms in total. The van der Waals surface area contributed by atoms with Gasteiger partial charge in [0.15, 0.2) is 12.3 Å². The van der Waals surface area contributed by atoms with Crippen molar-refractivity contribution in [2.24, 2.45) is 0 Å². The van der Waals surface area contributed by atoms with Crippen molar-refractivity contribution in [3.8, 4) is 0 Å². The highest BCUT2D eigenvalue weighted by Crippen LogP contribution is 2.21. The molecule has 2 amide bonds. The maximum atomic E-state index is 12.4. The maximum Gasteiger partial charge on any atom is 0.289 e. The number of rotatable bonds is 4. The number of likely N-dealkylation sites (N-methyl/N-ethyl adjacent to an activating group) is 1. The number of quaternary nitrogens is 1. The summed E-state index contributed by atoms with van der Waals surface area (Å²) in [5.41, 5.74) is 0.618. The molecule has 0 saturated carbocycles. The molecule has 2 aromatic rings. The highest BCUT2D eigenvalue weighted by Gasteiger charge is 2.33. The fraction of sp³-hybridized carbons (Fsp3) is 0.333. The molecule has 1 saturated heterocycles. The van der Waals surface area contributed by atoms with E-state index < -0.39 is 0 Å². The molecule has 2 heterocycles. The lowest BCUT2D eigenvalue weighted by molar-refractivity contribution is -0.905. The second kappa shape index (κ2) is 8.58. The Balaban J connectivity index is 0.00000243. The first-order chi connectivity index (χ1) is 12.0. The van der Waals surface area contributed by atoms with E-state index in [4.69, 9.17) is 16.0 Å². The van der Waals surface area contributed by atoms with Crippen molar-refractivity contribution in [2.45, 2.75) is 0 Å². The van der Waals surface area contributed by atoms with E-state index in [1.54, 1.807) is 29.2 Å². The predicted molar refractivity (Wildman–Crippen MR) is 95.5 cm³/mol. The van der Waals surface area contributed by atoms with Crippen LogP contribution in [0.15, 0.2) is 47.1 Å². The van der Waals surface area contributed by atoms with Gasteiger partial charge in [0.1, 0.15) is 0 Å². The molecule has 0 atom stereocenters. The molecule has 1 aliphatic rings. The summed E-state index contributed by atoms with van der Waals surface area (Å²) in [7, 11) is 2.03. The first-order valence-corrected chi connectivity index (χ1v) is 8.55. The van der Waals surface area contributed by atoms with Crippen LogP contribution in [-0.2, 0) is 4.79 Å². The summed E-state index contributed by atoms with van der Waals surface area (Å²) in [5.74, 6) is 0.172. The van der Waals surface area contributed by atoms with Crippen molar-refractivity contribution in [2.75, 3.05) is 45.1 Å². The molecule has 140 valence electrons. The number of amides is 2. The number of nitrogens with one attached hydrogen (secondary N) is 1. The third-order valence-electron chi connectivity index (χ3n) is 4.51. The van der Waals surface area contributed by atoms with Crippen molar-refractivity contribution in [3.05, 3.63) is 53.4 Å². The van der Waals surface area contributed by atoms with Gasteiger partial charge in [-0.2, -0.15) is 0 Å². The molecule has 1 aliphatic heterocycles. The van der Waals surface area contributed by atoms with Crippen molar-refractivity contribution in [1.29, 1.82) is 0 Å². The maximum absolute atomic E-state index is 12.4. The summed E-state index contributed by atoms with van der Waals surface area (Å²) in [5, 5.41) is 3.38. The van der Waals surface area contributed by atoms with Crippen LogP contribution in [0, 0.1) is 0 Å².